The fourth-order valence-electron chi connectivity index (χ4n) is 4.93. The third-order valence-electron chi connectivity index (χ3n) is 6.58. The second-order valence-corrected chi connectivity index (χ2v) is 8.35. The number of amides is 1. The monoisotopic (exact) mass is 413 g/mol. The van der Waals surface area contributed by atoms with Gasteiger partial charge in [-0.25, -0.2) is 0 Å². The highest BCUT2D eigenvalue weighted by atomic mass is 16.5. The van der Waals surface area contributed by atoms with Crippen LogP contribution in [0.3, 0.4) is 0 Å². The van der Waals surface area contributed by atoms with Gasteiger partial charge in [0.2, 0.25) is 0 Å². The van der Waals surface area contributed by atoms with Crippen molar-refractivity contribution in [3.05, 3.63) is 51.7 Å². The topological polar surface area (TPSA) is 81.4 Å². The molecule has 1 N–H and O–H groups in total. The van der Waals surface area contributed by atoms with E-state index in [-0.39, 0.29) is 17.5 Å². The Morgan fingerprint density at radius 2 is 2.17 bits per heavy atom. The van der Waals surface area contributed by atoms with E-state index < -0.39 is 0 Å². The van der Waals surface area contributed by atoms with Crippen molar-refractivity contribution in [2.24, 2.45) is 13.0 Å². The summed E-state index contributed by atoms with van der Waals surface area (Å²) in [7, 11) is 1.82. The van der Waals surface area contributed by atoms with E-state index in [9.17, 15) is 9.59 Å². The Labute approximate surface area is 176 Å². The van der Waals surface area contributed by atoms with Gasteiger partial charge in [-0.3, -0.25) is 14.3 Å². The molecule has 0 unspecified atom stereocenters. The van der Waals surface area contributed by atoms with Crippen LogP contribution in [0.25, 0.3) is 0 Å². The summed E-state index contributed by atoms with van der Waals surface area (Å²) in [5, 5.41) is 7.23. The van der Waals surface area contributed by atoms with Gasteiger partial charge in [0.15, 0.2) is 0 Å². The number of piperidine rings is 1. The summed E-state index contributed by atoms with van der Waals surface area (Å²) in [6, 6.07) is 5.48. The molecule has 0 aliphatic carbocycles. The quantitative estimate of drug-likeness (QED) is 0.693. The highest BCUT2D eigenvalue weighted by molar-refractivity contribution is 5.95. The van der Waals surface area contributed by atoms with E-state index in [0.29, 0.717) is 23.9 Å². The van der Waals surface area contributed by atoms with Crippen LogP contribution in [0.5, 0.6) is 0 Å². The van der Waals surface area contributed by atoms with Crippen molar-refractivity contribution in [1.82, 2.24) is 24.6 Å². The van der Waals surface area contributed by atoms with Crippen molar-refractivity contribution in [3.63, 3.8) is 0 Å². The van der Waals surface area contributed by atoms with Gasteiger partial charge in [0, 0.05) is 63.2 Å². The molecule has 8 nitrogen and oxygen atoms in total. The molecule has 1 saturated heterocycles. The molecule has 1 amide bonds. The van der Waals surface area contributed by atoms with Gasteiger partial charge in [0.25, 0.3) is 11.5 Å². The fraction of sp³-hybridized carbons (Fsp3) is 0.591. The Hall–Kier alpha value is -2.45. The number of pyridine rings is 1. The summed E-state index contributed by atoms with van der Waals surface area (Å²) < 4.78 is 9.17. The first-order valence-electron chi connectivity index (χ1n) is 10.8. The Bertz CT molecular complexity index is 966. The minimum Gasteiger partial charge on any atom is -0.380 e. The Morgan fingerprint density at radius 3 is 2.90 bits per heavy atom. The molecule has 30 heavy (non-hydrogen) atoms. The van der Waals surface area contributed by atoms with Crippen LogP contribution in [-0.4, -0.2) is 64.5 Å². The van der Waals surface area contributed by atoms with Crippen molar-refractivity contribution in [2.75, 3.05) is 39.4 Å². The summed E-state index contributed by atoms with van der Waals surface area (Å²) >= 11 is 0. The van der Waals surface area contributed by atoms with Gasteiger partial charge in [-0.1, -0.05) is 6.07 Å². The maximum Gasteiger partial charge on any atom is 0.254 e. The van der Waals surface area contributed by atoms with Crippen LogP contribution in [0, 0.1) is 12.8 Å². The molecule has 162 valence electrons. The summed E-state index contributed by atoms with van der Waals surface area (Å²) in [6.45, 7) is 8.52. The first-order valence-corrected chi connectivity index (χ1v) is 10.8. The number of carbonyl (C=O) groups is 1. The van der Waals surface area contributed by atoms with Crippen molar-refractivity contribution >= 4 is 5.91 Å². The van der Waals surface area contributed by atoms with Gasteiger partial charge in [-0.2, -0.15) is 5.10 Å². The SMILES string of the molecule is CCOCCN1C[C@H]2C[C@@H](C1)[C@H](CNC(=O)c1cnn(C)c1C)n1c2cccc1=O. The summed E-state index contributed by atoms with van der Waals surface area (Å²) in [4.78, 5) is 28.0. The predicted octanol–water partition coefficient (Wildman–Crippen LogP) is 1.32. The fourth-order valence-corrected chi connectivity index (χ4v) is 4.93. The van der Waals surface area contributed by atoms with Gasteiger partial charge < -0.3 is 19.5 Å². The number of rotatable bonds is 7. The molecule has 1 fully saturated rings. The molecular weight excluding hydrogens is 382 g/mol. The zero-order valence-corrected chi connectivity index (χ0v) is 18.0. The molecule has 4 heterocycles. The number of aromatic nitrogens is 3. The van der Waals surface area contributed by atoms with Gasteiger partial charge in [-0.15, -0.1) is 0 Å². The number of nitrogens with one attached hydrogen (secondary N) is 1. The highest BCUT2D eigenvalue weighted by Crippen LogP contribution is 2.40. The van der Waals surface area contributed by atoms with E-state index in [4.69, 9.17) is 4.74 Å². The maximum atomic E-state index is 12.8. The largest absolute Gasteiger partial charge is 0.380 e. The molecule has 2 aromatic rings. The van der Waals surface area contributed by atoms with Crippen LogP contribution >= 0.6 is 0 Å². The van der Waals surface area contributed by atoms with E-state index in [1.54, 1.807) is 16.9 Å². The summed E-state index contributed by atoms with van der Waals surface area (Å²) in [5.74, 6) is 0.511. The number of nitrogens with zero attached hydrogens (tertiary/aromatic N) is 4. The molecule has 2 aliphatic heterocycles. The minimum absolute atomic E-state index is 0.0155. The van der Waals surface area contributed by atoms with E-state index in [2.05, 4.69) is 21.4 Å². The van der Waals surface area contributed by atoms with Gasteiger partial charge in [-0.05, 0) is 32.3 Å². The molecule has 2 bridgehead atoms. The van der Waals surface area contributed by atoms with Crippen LogP contribution < -0.4 is 10.9 Å². The molecular formula is C22H31N5O3. The Balaban J connectivity index is 1.55. The van der Waals surface area contributed by atoms with E-state index in [0.717, 1.165) is 50.7 Å². The van der Waals surface area contributed by atoms with Crippen LogP contribution in [0.15, 0.2) is 29.2 Å². The summed E-state index contributed by atoms with van der Waals surface area (Å²) in [6.07, 6.45) is 2.64. The average molecular weight is 414 g/mol. The second-order valence-electron chi connectivity index (χ2n) is 8.35. The molecule has 8 heteroatoms. The number of hydrogen-bond acceptors (Lipinski definition) is 5. The molecule has 0 spiro atoms. The van der Waals surface area contributed by atoms with E-state index >= 15 is 0 Å². The zero-order chi connectivity index (χ0) is 21.3. The van der Waals surface area contributed by atoms with Crippen molar-refractivity contribution < 1.29 is 9.53 Å². The first kappa shape index (κ1) is 20.8. The van der Waals surface area contributed by atoms with E-state index in [1.807, 2.05) is 31.5 Å². The molecule has 2 aliphatic rings. The number of ether oxygens (including phenoxy) is 1. The molecule has 2 aromatic heterocycles. The van der Waals surface area contributed by atoms with Crippen LogP contribution in [-0.2, 0) is 11.8 Å². The number of carbonyl (C=O) groups excluding carboxylic acids is 1. The number of aryl methyl sites for hydroxylation is 1. The third-order valence-corrected chi connectivity index (χ3v) is 6.58. The van der Waals surface area contributed by atoms with Crippen LogP contribution in [0.1, 0.15) is 47.1 Å². The van der Waals surface area contributed by atoms with Crippen molar-refractivity contribution in [2.45, 2.75) is 32.2 Å². The Morgan fingerprint density at radius 1 is 1.33 bits per heavy atom. The molecule has 0 aromatic carbocycles. The lowest BCUT2D eigenvalue weighted by molar-refractivity contribution is 0.0561. The maximum absolute atomic E-state index is 12.8. The van der Waals surface area contributed by atoms with Crippen molar-refractivity contribution in [1.29, 1.82) is 0 Å². The normalized spacial score (nSPS) is 23.2. The van der Waals surface area contributed by atoms with Gasteiger partial charge in [0.1, 0.15) is 0 Å². The number of fused-ring (bicyclic) bond motifs is 4. The van der Waals surface area contributed by atoms with Crippen molar-refractivity contribution in [3.8, 4) is 0 Å². The van der Waals surface area contributed by atoms with E-state index in [1.165, 1.54) is 0 Å². The zero-order valence-electron chi connectivity index (χ0n) is 18.0. The molecule has 4 rings (SSSR count). The third kappa shape index (κ3) is 3.94. The predicted molar refractivity (Wildman–Crippen MR) is 114 cm³/mol. The van der Waals surface area contributed by atoms with Gasteiger partial charge >= 0.3 is 0 Å². The first-order chi connectivity index (χ1) is 14.5. The standard InChI is InChI=1S/C22H31N5O3/c1-4-30-9-8-26-13-16-10-17(14-26)20(27-19(16)6-5-7-21(27)28)12-23-22(29)18-11-24-25(3)15(18)2/h5-7,11,16-17,20H,4,8-10,12-14H2,1-3H3,(H,23,29)/t16-,17+,20+/m1/s1. The smallest absolute Gasteiger partial charge is 0.254 e. The molecule has 0 radical (unpaired) electrons. The number of likely N-dealkylation sites (tertiary alicyclic amines) is 1. The average Bonchev–Trinajstić information content (AvgIpc) is 3.07. The highest BCUT2D eigenvalue weighted by Gasteiger charge is 2.40. The van der Waals surface area contributed by atoms with Crippen LogP contribution in [0.4, 0.5) is 0 Å². The molecule has 0 saturated carbocycles. The van der Waals surface area contributed by atoms with Crippen LogP contribution in [0.2, 0.25) is 0 Å². The lowest BCUT2D eigenvalue weighted by Gasteiger charge is -2.47. The number of hydrogen-bond donors (Lipinski definition) is 1. The second kappa shape index (κ2) is 8.73. The minimum atomic E-state index is -0.141. The Kier molecular flexibility index (Phi) is 6.06. The summed E-state index contributed by atoms with van der Waals surface area (Å²) in [5.41, 5.74) is 2.50. The molecule has 3 atom stereocenters. The van der Waals surface area contributed by atoms with Gasteiger partial charge in [0.05, 0.1) is 24.4 Å². The lowest BCUT2D eigenvalue weighted by atomic mass is 9.78. The lowest BCUT2D eigenvalue weighted by Crippen LogP contribution is -2.52.